The minimum atomic E-state index is -3.96. The molecule has 0 saturated carbocycles. The number of benzene rings is 2. The minimum Gasteiger partial charge on any atom is -0.487 e. The van der Waals surface area contributed by atoms with Crippen LogP contribution in [0.4, 0.5) is 0 Å². The van der Waals surface area contributed by atoms with Gasteiger partial charge in [0.2, 0.25) is 0 Å². The van der Waals surface area contributed by atoms with Crippen LogP contribution in [0.1, 0.15) is 12.8 Å². The first-order valence-electron chi connectivity index (χ1n) is 12.1. The van der Waals surface area contributed by atoms with E-state index in [2.05, 4.69) is 0 Å². The van der Waals surface area contributed by atoms with Gasteiger partial charge in [0.05, 0.1) is 51.1 Å². The fraction of sp³-hybridized carbons (Fsp3) is 0.583. The van der Waals surface area contributed by atoms with Crippen LogP contribution in [0.25, 0.3) is 10.8 Å². The van der Waals surface area contributed by atoms with Crippen molar-refractivity contribution in [2.75, 3.05) is 77.6 Å². The maximum atomic E-state index is 10.6. The van der Waals surface area contributed by atoms with Crippen LogP contribution in [0.5, 0.6) is 11.5 Å². The first kappa shape index (κ1) is 32.2. The molecule has 0 heterocycles. The topological polar surface area (TPSA) is 164 Å². The molecule has 0 aromatic heterocycles. The molecule has 38 heavy (non-hydrogen) atoms. The molecule has 0 spiro atoms. The van der Waals surface area contributed by atoms with E-state index in [4.69, 9.17) is 37.5 Å². The van der Waals surface area contributed by atoms with Crippen LogP contribution in [0.2, 0.25) is 0 Å². The molecule has 2 rings (SSSR count). The van der Waals surface area contributed by atoms with E-state index in [9.17, 15) is 16.8 Å². The Labute approximate surface area is 223 Å². The zero-order chi connectivity index (χ0) is 27.7. The molecule has 2 aromatic carbocycles. The Morgan fingerprint density at radius 2 is 0.868 bits per heavy atom. The van der Waals surface area contributed by atoms with Gasteiger partial charge in [0.25, 0.3) is 20.2 Å². The second-order valence-electron chi connectivity index (χ2n) is 8.07. The summed E-state index contributed by atoms with van der Waals surface area (Å²) in [6.45, 7) is 2.84. The lowest BCUT2D eigenvalue weighted by Crippen LogP contribution is -2.14. The highest BCUT2D eigenvalue weighted by atomic mass is 32.2. The Balaban J connectivity index is 1.65. The summed E-state index contributed by atoms with van der Waals surface area (Å²) >= 11 is 0. The molecule has 12 nitrogen and oxygen atoms in total. The van der Waals surface area contributed by atoms with Gasteiger partial charge in [-0.05, 0) is 35.7 Å². The second kappa shape index (κ2) is 17.5. The first-order chi connectivity index (χ1) is 18.1. The smallest absolute Gasteiger partial charge is 0.264 e. The van der Waals surface area contributed by atoms with Gasteiger partial charge in [0.1, 0.15) is 13.2 Å². The normalized spacial score (nSPS) is 12.2. The van der Waals surface area contributed by atoms with Crippen LogP contribution in [0, 0.1) is 0 Å². The summed E-state index contributed by atoms with van der Waals surface area (Å²) in [5.41, 5.74) is 0. The number of hydrogen-bond donors (Lipinski definition) is 2. The molecule has 0 bridgehead atoms. The van der Waals surface area contributed by atoms with Crippen LogP contribution in [0.3, 0.4) is 0 Å². The Morgan fingerprint density at radius 1 is 0.526 bits per heavy atom. The molecule has 2 aromatic rings. The molecule has 0 aliphatic heterocycles. The van der Waals surface area contributed by atoms with Gasteiger partial charge in [-0.1, -0.05) is 24.3 Å². The Hall–Kier alpha value is -2.04. The van der Waals surface area contributed by atoms with Crippen LogP contribution in [-0.2, 0) is 39.2 Å². The van der Waals surface area contributed by atoms with Gasteiger partial charge in [-0.15, -0.1) is 0 Å². The number of ether oxygens (including phenoxy) is 6. The molecule has 2 N–H and O–H groups in total. The van der Waals surface area contributed by atoms with E-state index < -0.39 is 20.2 Å². The van der Waals surface area contributed by atoms with E-state index in [0.717, 1.165) is 10.8 Å². The average Bonchev–Trinajstić information content (AvgIpc) is 2.85. The van der Waals surface area contributed by atoms with Crippen LogP contribution in [-0.4, -0.2) is 104 Å². The molecule has 0 amide bonds. The predicted molar refractivity (Wildman–Crippen MR) is 140 cm³/mol. The summed E-state index contributed by atoms with van der Waals surface area (Å²) in [5.74, 6) is 0.465. The van der Waals surface area contributed by atoms with Crippen molar-refractivity contribution in [1.82, 2.24) is 0 Å². The second-order valence-corrected chi connectivity index (χ2v) is 11.2. The fourth-order valence-corrected chi connectivity index (χ4v) is 4.14. The molecule has 0 unspecified atom stereocenters. The molecule has 14 heteroatoms. The summed E-state index contributed by atoms with van der Waals surface area (Å²) in [4.78, 5) is 0. The van der Waals surface area contributed by atoms with Crippen LogP contribution >= 0.6 is 0 Å². The molecule has 0 aliphatic rings. The summed E-state index contributed by atoms with van der Waals surface area (Å²) in [5, 5.41) is 1.99. The SMILES string of the molecule is O=S(=O)(O)CCCOCCOCCOc1cc2ccccc2cc1OCCOCCOCCCS(=O)(=O)O. The first-order valence-corrected chi connectivity index (χ1v) is 15.4. The quantitative estimate of drug-likeness (QED) is 0.154. The predicted octanol–water partition coefficient (Wildman–Crippen LogP) is 2.22. The molecule has 0 saturated heterocycles. The number of fused-ring (bicyclic) bond motifs is 1. The molecule has 0 aliphatic carbocycles. The lowest BCUT2D eigenvalue weighted by atomic mass is 10.1. The van der Waals surface area contributed by atoms with Gasteiger partial charge >= 0.3 is 0 Å². The Kier molecular flexibility index (Phi) is 14.8. The van der Waals surface area contributed by atoms with Gasteiger partial charge in [-0.25, -0.2) is 0 Å². The number of rotatable bonds is 22. The van der Waals surface area contributed by atoms with Crippen molar-refractivity contribution in [3.05, 3.63) is 36.4 Å². The van der Waals surface area contributed by atoms with Crippen LogP contribution < -0.4 is 9.47 Å². The largest absolute Gasteiger partial charge is 0.487 e. The fourth-order valence-electron chi connectivity index (χ4n) is 3.18. The zero-order valence-corrected chi connectivity index (χ0v) is 22.8. The molecule has 216 valence electrons. The molecular weight excluding hydrogens is 544 g/mol. The highest BCUT2D eigenvalue weighted by molar-refractivity contribution is 7.86. The van der Waals surface area contributed by atoms with Gasteiger partial charge in [0, 0.05) is 13.2 Å². The van der Waals surface area contributed by atoms with Crippen molar-refractivity contribution in [3.8, 4) is 11.5 Å². The van der Waals surface area contributed by atoms with Gasteiger partial charge in [-0.3, -0.25) is 9.11 Å². The van der Waals surface area contributed by atoms with Gasteiger partial charge in [0.15, 0.2) is 11.5 Å². The number of hydrogen-bond acceptors (Lipinski definition) is 10. The molecular formula is C24H36O12S2. The van der Waals surface area contributed by atoms with Crippen molar-refractivity contribution in [3.63, 3.8) is 0 Å². The molecule has 0 radical (unpaired) electrons. The van der Waals surface area contributed by atoms with Gasteiger partial charge in [-0.2, -0.15) is 16.8 Å². The van der Waals surface area contributed by atoms with Crippen molar-refractivity contribution in [2.45, 2.75) is 12.8 Å². The van der Waals surface area contributed by atoms with E-state index in [0.29, 0.717) is 51.1 Å². The lowest BCUT2D eigenvalue weighted by Gasteiger charge is -2.15. The third-order valence-corrected chi connectivity index (χ3v) is 6.52. The standard InChI is InChI=1S/C24H36O12S2/c25-37(26,27)17-3-7-31-9-11-33-13-15-35-23-19-21-5-1-2-6-22(21)20-24(23)36-16-14-34-12-10-32-8-4-18-38(28,29)30/h1-2,5-6,19-20H,3-4,7-18H2,(H,25,26,27)(H,28,29,30). The van der Waals surface area contributed by atoms with Crippen molar-refractivity contribution in [1.29, 1.82) is 0 Å². The third-order valence-electron chi connectivity index (χ3n) is 4.91. The maximum Gasteiger partial charge on any atom is 0.264 e. The minimum absolute atomic E-state index is 0.213. The summed E-state index contributed by atoms with van der Waals surface area (Å²) in [7, 11) is -7.93. The van der Waals surface area contributed by atoms with E-state index >= 15 is 0 Å². The summed E-state index contributed by atoms with van der Waals surface area (Å²) in [6, 6.07) is 11.6. The molecule has 0 atom stereocenters. The van der Waals surface area contributed by atoms with E-state index in [-0.39, 0.29) is 50.8 Å². The highest BCUT2D eigenvalue weighted by Crippen LogP contribution is 2.32. The van der Waals surface area contributed by atoms with Crippen LogP contribution in [0.15, 0.2) is 36.4 Å². The maximum absolute atomic E-state index is 10.6. The van der Waals surface area contributed by atoms with Crippen molar-refractivity contribution < 1.29 is 54.4 Å². The highest BCUT2D eigenvalue weighted by Gasteiger charge is 2.09. The van der Waals surface area contributed by atoms with E-state index in [1.165, 1.54) is 0 Å². The lowest BCUT2D eigenvalue weighted by molar-refractivity contribution is 0.0334. The van der Waals surface area contributed by atoms with E-state index in [1.54, 1.807) is 0 Å². The van der Waals surface area contributed by atoms with Crippen molar-refractivity contribution in [2.24, 2.45) is 0 Å². The van der Waals surface area contributed by atoms with E-state index in [1.807, 2.05) is 36.4 Å². The van der Waals surface area contributed by atoms with Crippen molar-refractivity contribution >= 4 is 31.0 Å². The third kappa shape index (κ3) is 15.4. The average molecular weight is 581 g/mol. The Bertz CT molecular complexity index is 1060. The monoisotopic (exact) mass is 580 g/mol. The Morgan fingerprint density at radius 3 is 1.24 bits per heavy atom. The summed E-state index contributed by atoms with van der Waals surface area (Å²) < 4.78 is 93.1. The summed E-state index contributed by atoms with van der Waals surface area (Å²) in [6.07, 6.45) is 0.427. The zero-order valence-electron chi connectivity index (χ0n) is 21.2. The molecule has 0 fully saturated rings. The van der Waals surface area contributed by atoms with Gasteiger partial charge < -0.3 is 28.4 Å².